The van der Waals surface area contributed by atoms with E-state index in [9.17, 15) is 34.5 Å². The molecule has 6 N–H and O–H groups in total. The minimum Gasteiger partial charge on any atom is -0.496 e. The van der Waals surface area contributed by atoms with E-state index in [2.05, 4.69) is 16.0 Å². The maximum atomic E-state index is 13.3. The molecule has 0 unspecified atom stereocenters. The molecular weight excluding hydrogens is 762 g/mol. The van der Waals surface area contributed by atoms with Crippen molar-refractivity contribution in [3.8, 4) is 11.5 Å². The van der Waals surface area contributed by atoms with Crippen LogP contribution in [0.25, 0.3) is 0 Å². The molecule has 1 fully saturated rings. The van der Waals surface area contributed by atoms with Gasteiger partial charge < -0.3 is 55.0 Å². The van der Waals surface area contributed by atoms with Gasteiger partial charge in [-0.25, -0.2) is 0 Å². The second-order valence-corrected chi connectivity index (χ2v) is 15.4. The molecule has 3 amide bonds. The number of amides is 3. The van der Waals surface area contributed by atoms with Crippen molar-refractivity contribution in [2.45, 2.75) is 134 Å². The molecule has 0 saturated carbocycles. The van der Waals surface area contributed by atoms with E-state index < -0.39 is 48.8 Å². The maximum Gasteiger partial charge on any atom is 0.306 e. The van der Waals surface area contributed by atoms with Gasteiger partial charge >= 0.3 is 5.97 Å². The quantitative estimate of drug-likeness (QED) is 0.0692. The third-order valence-electron chi connectivity index (χ3n) is 9.14. The summed E-state index contributed by atoms with van der Waals surface area (Å²) in [6.45, 7) is 6.05. The second kappa shape index (κ2) is 24.1. The molecule has 2 aromatic rings. The number of halogens is 1. The molecule has 0 bridgehead atoms. The lowest BCUT2D eigenvalue weighted by Gasteiger charge is -2.41. The van der Waals surface area contributed by atoms with Crippen LogP contribution in [0, 0.1) is 0 Å². The molecule has 0 radical (unpaired) electrons. The first-order chi connectivity index (χ1) is 27.1. The van der Waals surface area contributed by atoms with Crippen molar-refractivity contribution in [1.29, 1.82) is 0 Å². The predicted octanol–water partition coefficient (Wildman–Crippen LogP) is 4.09. The summed E-state index contributed by atoms with van der Waals surface area (Å²) in [5.41, 5.74) is 1.26. The normalized spacial score (nSPS) is 19.4. The number of rotatable bonds is 23. The van der Waals surface area contributed by atoms with Crippen LogP contribution in [0.1, 0.15) is 106 Å². The molecule has 3 rings (SSSR count). The van der Waals surface area contributed by atoms with E-state index in [1.165, 1.54) is 26.4 Å². The minimum atomic E-state index is -1.49. The standard InChI is InChI=1S/C41H60ClN3O12/c1-41(2,3)57-35(49)18-11-8-12-19-43-33(47)16-9-6-7-10-17-34(48)44-23-26-14-13-15-27(20-26)25-55-31-22-30(53-4)28(21-29(31)42)39(52)45-36-38(51)37(50)32(24-46)56-40(36)54-5/h13-15,20-22,32,36-38,40,46,50-51H,6-12,16-19,23-25H2,1-5H3,(H,43,47)(H,44,48)(H,45,52)/t32-,36-,37-,38-,40+/m1/s1. The van der Waals surface area contributed by atoms with Gasteiger partial charge in [0, 0.05) is 45.5 Å². The molecule has 1 saturated heterocycles. The lowest BCUT2D eigenvalue weighted by molar-refractivity contribution is -0.261. The number of methoxy groups -OCH3 is 2. The number of carbonyl (C=O) groups is 4. The minimum absolute atomic E-state index is 0.0177. The number of esters is 1. The number of nitrogens with one attached hydrogen (secondary N) is 3. The third kappa shape index (κ3) is 16.4. The smallest absolute Gasteiger partial charge is 0.306 e. The lowest BCUT2D eigenvalue weighted by atomic mass is 9.96. The number of benzene rings is 2. The van der Waals surface area contributed by atoms with Crippen LogP contribution in [0.4, 0.5) is 0 Å². The fourth-order valence-electron chi connectivity index (χ4n) is 6.14. The molecule has 16 heteroatoms. The summed E-state index contributed by atoms with van der Waals surface area (Å²) in [6, 6.07) is 9.19. The Bertz CT molecular complexity index is 1600. The monoisotopic (exact) mass is 821 g/mol. The summed E-state index contributed by atoms with van der Waals surface area (Å²) < 4.78 is 27.4. The highest BCUT2D eigenvalue weighted by Crippen LogP contribution is 2.34. The number of aliphatic hydroxyl groups excluding tert-OH is 3. The number of unbranched alkanes of at least 4 members (excludes halogenated alkanes) is 5. The molecule has 0 aliphatic carbocycles. The van der Waals surface area contributed by atoms with Gasteiger partial charge in [-0.05, 0) is 63.6 Å². The van der Waals surface area contributed by atoms with Crippen molar-refractivity contribution < 1.29 is 58.2 Å². The molecule has 5 atom stereocenters. The Morgan fingerprint density at radius 2 is 1.47 bits per heavy atom. The van der Waals surface area contributed by atoms with E-state index >= 15 is 0 Å². The fraction of sp³-hybridized carbons (Fsp3) is 0.610. The number of carbonyl (C=O) groups excluding carboxylic acids is 4. The summed E-state index contributed by atoms with van der Waals surface area (Å²) in [6.07, 6.45) is 1.61. The maximum absolute atomic E-state index is 13.3. The molecule has 57 heavy (non-hydrogen) atoms. The van der Waals surface area contributed by atoms with Crippen LogP contribution in [0.15, 0.2) is 36.4 Å². The molecular formula is C41H60ClN3O12. The molecule has 0 spiro atoms. The highest BCUT2D eigenvalue weighted by molar-refractivity contribution is 6.32. The first kappa shape index (κ1) is 47.4. The Balaban J connectivity index is 1.35. The van der Waals surface area contributed by atoms with Crippen LogP contribution < -0.4 is 25.4 Å². The summed E-state index contributed by atoms with van der Waals surface area (Å²) in [5, 5.41) is 38.9. The van der Waals surface area contributed by atoms with Crippen LogP contribution in [0.5, 0.6) is 11.5 Å². The van der Waals surface area contributed by atoms with Crippen molar-refractivity contribution in [2.24, 2.45) is 0 Å². The van der Waals surface area contributed by atoms with Gasteiger partial charge in [-0.15, -0.1) is 0 Å². The lowest BCUT2D eigenvalue weighted by Crippen LogP contribution is -2.64. The highest BCUT2D eigenvalue weighted by atomic mass is 35.5. The summed E-state index contributed by atoms with van der Waals surface area (Å²) in [5.74, 6) is -0.525. The average Bonchev–Trinajstić information content (AvgIpc) is 3.17. The molecule has 1 aliphatic rings. The first-order valence-corrected chi connectivity index (χ1v) is 19.8. The van der Waals surface area contributed by atoms with Gasteiger partial charge in [0.05, 0.1) is 24.3 Å². The van der Waals surface area contributed by atoms with Gasteiger partial charge in [-0.1, -0.05) is 55.1 Å². The first-order valence-electron chi connectivity index (χ1n) is 19.4. The van der Waals surface area contributed by atoms with Crippen molar-refractivity contribution in [2.75, 3.05) is 27.4 Å². The van der Waals surface area contributed by atoms with E-state index in [0.29, 0.717) is 32.4 Å². The Kier molecular flexibility index (Phi) is 20.0. The average molecular weight is 822 g/mol. The largest absolute Gasteiger partial charge is 0.496 e. The number of aliphatic hydroxyl groups is 3. The topological polar surface area (TPSA) is 211 Å². The fourth-order valence-corrected chi connectivity index (χ4v) is 6.36. The van der Waals surface area contributed by atoms with Crippen molar-refractivity contribution in [1.82, 2.24) is 16.0 Å². The van der Waals surface area contributed by atoms with Crippen LogP contribution in [0.3, 0.4) is 0 Å². The number of hydrogen-bond acceptors (Lipinski definition) is 12. The summed E-state index contributed by atoms with van der Waals surface area (Å²) in [7, 11) is 2.68. The van der Waals surface area contributed by atoms with E-state index in [1.807, 2.05) is 45.0 Å². The van der Waals surface area contributed by atoms with Gasteiger partial charge in [0.1, 0.15) is 48.1 Å². The van der Waals surface area contributed by atoms with Crippen LogP contribution in [0.2, 0.25) is 5.02 Å². The number of hydrogen-bond donors (Lipinski definition) is 6. The Hall–Kier alpha value is -3.99. The van der Waals surface area contributed by atoms with E-state index in [1.54, 1.807) is 0 Å². The van der Waals surface area contributed by atoms with Crippen LogP contribution >= 0.6 is 11.6 Å². The molecule has 1 heterocycles. The van der Waals surface area contributed by atoms with Gasteiger partial charge in [-0.3, -0.25) is 19.2 Å². The van der Waals surface area contributed by atoms with E-state index in [-0.39, 0.29) is 46.5 Å². The van der Waals surface area contributed by atoms with Crippen molar-refractivity contribution >= 4 is 35.3 Å². The van der Waals surface area contributed by atoms with Crippen molar-refractivity contribution in [3.05, 3.63) is 58.1 Å². The zero-order chi connectivity index (χ0) is 42.0. The molecule has 15 nitrogen and oxygen atoms in total. The van der Waals surface area contributed by atoms with E-state index in [0.717, 1.165) is 56.1 Å². The number of ether oxygens (including phenoxy) is 5. The zero-order valence-electron chi connectivity index (χ0n) is 33.6. The molecule has 1 aliphatic heterocycles. The van der Waals surface area contributed by atoms with Gasteiger partial charge in [-0.2, -0.15) is 0 Å². The SMILES string of the molecule is COc1cc(OCc2cccc(CNC(=O)CCCCCCC(=O)NCCCCCC(=O)OC(C)(C)C)c2)c(Cl)cc1C(=O)N[C@H]1[C@@H](OC)O[C@H](CO)[C@@H](O)[C@@H]1O. The molecule has 0 aromatic heterocycles. The Labute approximate surface area is 340 Å². The van der Waals surface area contributed by atoms with Crippen LogP contribution in [-0.4, -0.2) is 103 Å². The Morgan fingerprint density at radius 1 is 0.825 bits per heavy atom. The van der Waals surface area contributed by atoms with Crippen LogP contribution in [-0.2, 0) is 41.7 Å². The molecule has 318 valence electrons. The summed E-state index contributed by atoms with van der Waals surface area (Å²) >= 11 is 6.51. The third-order valence-corrected chi connectivity index (χ3v) is 9.44. The summed E-state index contributed by atoms with van der Waals surface area (Å²) in [4.78, 5) is 49.6. The highest BCUT2D eigenvalue weighted by Gasteiger charge is 2.45. The predicted molar refractivity (Wildman–Crippen MR) is 212 cm³/mol. The second-order valence-electron chi connectivity index (χ2n) is 15.0. The van der Waals surface area contributed by atoms with Gasteiger partial charge in [0.25, 0.3) is 5.91 Å². The van der Waals surface area contributed by atoms with Crippen molar-refractivity contribution in [3.63, 3.8) is 0 Å². The Morgan fingerprint density at radius 3 is 2.12 bits per heavy atom. The zero-order valence-corrected chi connectivity index (χ0v) is 34.4. The molecule has 2 aromatic carbocycles. The van der Waals surface area contributed by atoms with Gasteiger partial charge in [0.2, 0.25) is 11.8 Å². The van der Waals surface area contributed by atoms with Gasteiger partial charge in [0.15, 0.2) is 6.29 Å². The van der Waals surface area contributed by atoms with E-state index in [4.69, 9.17) is 35.3 Å².